The summed E-state index contributed by atoms with van der Waals surface area (Å²) in [6, 6.07) is 10.2. The van der Waals surface area contributed by atoms with Crippen molar-refractivity contribution in [3.8, 4) is 11.5 Å². The second-order valence-electron chi connectivity index (χ2n) is 7.05. The van der Waals surface area contributed by atoms with Crippen LogP contribution in [-0.4, -0.2) is 33.8 Å². The van der Waals surface area contributed by atoms with E-state index >= 15 is 0 Å². The first-order chi connectivity index (χ1) is 14.0. The number of pyridine rings is 2. The molecule has 0 aliphatic rings. The lowest BCUT2D eigenvalue weighted by Crippen LogP contribution is -1.99. The number of rotatable bonds is 6. The quantitative estimate of drug-likeness (QED) is 0.467. The van der Waals surface area contributed by atoms with Gasteiger partial charge in [-0.1, -0.05) is 11.2 Å². The number of halogens is 1. The van der Waals surface area contributed by atoms with Gasteiger partial charge in [0.25, 0.3) is 5.89 Å². The first-order valence-corrected chi connectivity index (χ1v) is 9.47. The molecule has 1 N–H and O–H groups in total. The van der Waals surface area contributed by atoms with Crippen LogP contribution in [0.1, 0.15) is 22.6 Å². The molecule has 0 unspecified atom stereocenters. The minimum absolute atomic E-state index is 0. The number of hydrogen-bond acceptors (Lipinski definition) is 7. The van der Waals surface area contributed by atoms with Crippen molar-refractivity contribution in [1.82, 2.24) is 20.1 Å². The van der Waals surface area contributed by atoms with Crippen LogP contribution in [0.2, 0.25) is 0 Å². The number of anilines is 2. The van der Waals surface area contributed by atoms with Gasteiger partial charge in [0, 0.05) is 36.5 Å². The summed E-state index contributed by atoms with van der Waals surface area (Å²) in [5.41, 5.74) is 6.58. The third-order valence-corrected chi connectivity index (χ3v) is 4.87. The second kappa shape index (κ2) is 9.19. The van der Waals surface area contributed by atoms with E-state index in [2.05, 4.69) is 57.5 Å². The number of nitrogens with zero attached hydrogens (tertiary/aromatic N) is 4. The van der Waals surface area contributed by atoms with Crippen LogP contribution in [0.4, 0.5) is 11.4 Å². The zero-order chi connectivity index (χ0) is 20.4. The summed E-state index contributed by atoms with van der Waals surface area (Å²) < 4.78 is 10.6. The number of ether oxygens (including phenoxy) is 1. The molecule has 0 amide bonds. The van der Waals surface area contributed by atoms with Gasteiger partial charge in [-0.05, 0) is 56.2 Å². The van der Waals surface area contributed by atoms with Crippen LogP contribution in [-0.2, 0) is 11.2 Å². The van der Waals surface area contributed by atoms with Gasteiger partial charge in [0.05, 0.1) is 17.9 Å². The predicted octanol–water partition coefficient (Wildman–Crippen LogP) is 4.96. The van der Waals surface area contributed by atoms with E-state index in [4.69, 9.17) is 9.26 Å². The summed E-state index contributed by atoms with van der Waals surface area (Å²) in [5, 5.41) is 8.47. The van der Waals surface area contributed by atoms with Crippen molar-refractivity contribution < 1.29 is 9.26 Å². The Hall–Kier alpha value is -3.03. The highest BCUT2D eigenvalue weighted by Gasteiger charge is 2.18. The normalized spacial score (nSPS) is 10.8. The number of nitrogens with one attached hydrogen (secondary N) is 1. The molecule has 0 fully saturated rings. The Morgan fingerprint density at radius 2 is 1.87 bits per heavy atom. The van der Waals surface area contributed by atoms with Gasteiger partial charge in [-0.15, -0.1) is 12.4 Å². The Bertz CT molecular complexity index is 1180. The Balaban J connectivity index is 0.00000256. The summed E-state index contributed by atoms with van der Waals surface area (Å²) in [4.78, 5) is 13.6. The molecule has 0 saturated carbocycles. The molecular weight excluding hydrogens is 402 g/mol. The maximum Gasteiger partial charge on any atom is 0.261 e. The first-order valence-electron chi connectivity index (χ1n) is 9.47. The maximum atomic E-state index is 5.52. The summed E-state index contributed by atoms with van der Waals surface area (Å²) in [6.07, 6.45) is 2.31. The minimum atomic E-state index is 0. The molecule has 0 radical (unpaired) electrons. The molecule has 3 heterocycles. The zero-order valence-corrected chi connectivity index (χ0v) is 18.2. The molecule has 0 saturated heterocycles. The van der Waals surface area contributed by atoms with Gasteiger partial charge in [-0.25, -0.2) is 9.97 Å². The van der Waals surface area contributed by atoms with Crippen molar-refractivity contribution >= 4 is 34.8 Å². The predicted molar refractivity (Wildman–Crippen MR) is 120 cm³/mol. The van der Waals surface area contributed by atoms with Gasteiger partial charge in [-0.2, -0.15) is 4.98 Å². The van der Waals surface area contributed by atoms with E-state index in [0.29, 0.717) is 30.4 Å². The molecule has 0 aliphatic carbocycles. The highest BCUT2D eigenvalue weighted by atomic mass is 35.5. The lowest BCUT2D eigenvalue weighted by atomic mass is 10.1. The van der Waals surface area contributed by atoms with E-state index in [9.17, 15) is 0 Å². The van der Waals surface area contributed by atoms with E-state index < -0.39 is 0 Å². The molecule has 4 rings (SSSR count). The zero-order valence-electron chi connectivity index (χ0n) is 17.4. The van der Waals surface area contributed by atoms with Crippen molar-refractivity contribution in [2.45, 2.75) is 27.2 Å². The Kier molecular flexibility index (Phi) is 6.64. The average molecular weight is 426 g/mol. The molecule has 0 spiro atoms. The molecule has 0 aliphatic heterocycles. The molecule has 7 nitrogen and oxygen atoms in total. The van der Waals surface area contributed by atoms with Gasteiger partial charge in [-0.3, -0.25) is 0 Å². The number of aryl methyl sites for hydroxylation is 3. The smallest absolute Gasteiger partial charge is 0.261 e. The van der Waals surface area contributed by atoms with E-state index in [-0.39, 0.29) is 12.4 Å². The van der Waals surface area contributed by atoms with Crippen LogP contribution in [0.15, 0.2) is 41.1 Å². The van der Waals surface area contributed by atoms with Crippen molar-refractivity contribution in [3.63, 3.8) is 0 Å². The third kappa shape index (κ3) is 4.42. The van der Waals surface area contributed by atoms with Crippen LogP contribution >= 0.6 is 12.4 Å². The van der Waals surface area contributed by atoms with Crippen LogP contribution in [0.25, 0.3) is 22.5 Å². The van der Waals surface area contributed by atoms with Crippen LogP contribution < -0.4 is 5.32 Å². The van der Waals surface area contributed by atoms with E-state index in [0.717, 1.165) is 28.0 Å². The standard InChI is InChI=1S/C22H23N5O2.ClH/c1-13-5-7-16(11-14(13)2)25-20-17-8-6-15(3)24-21(17)23-12-18(20)22-26-19(27-29-22)9-10-28-4;/h5-8,11-12H,9-10H2,1-4H3,(H,23,24,25);1H. The topological polar surface area (TPSA) is 86.0 Å². The Morgan fingerprint density at radius 1 is 1.03 bits per heavy atom. The summed E-state index contributed by atoms with van der Waals surface area (Å²) in [5.74, 6) is 1.01. The maximum absolute atomic E-state index is 5.52. The van der Waals surface area contributed by atoms with Crippen LogP contribution in [0.5, 0.6) is 0 Å². The lowest BCUT2D eigenvalue weighted by molar-refractivity contribution is 0.199. The average Bonchev–Trinajstić information content (AvgIpc) is 3.18. The molecule has 3 aromatic heterocycles. The number of fused-ring (bicyclic) bond motifs is 1. The second-order valence-corrected chi connectivity index (χ2v) is 7.05. The van der Waals surface area contributed by atoms with Crippen LogP contribution in [0, 0.1) is 20.8 Å². The molecular formula is C22H24ClN5O2. The minimum Gasteiger partial charge on any atom is -0.384 e. The van der Waals surface area contributed by atoms with Crippen molar-refractivity contribution in [3.05, 3.63) is 59.2 Å². The van der Waals surface area contributed by atoms with Gasteiger partial charge >= 0.3 is 0 Å². The molecule has 8 heteroatoms. The van der Waals surface area contributed by atoms with Gasteiger partial charge < -0.3 is 14.6 Å². The van der Waals surface area contributed by atoms with Crippen LogP contribution in [0.3, 0.4) is 0 Å². The molecule has 0 bridgehead atoms. The van der Waals surface area contributed by atoms with Crippen molar-refractivity contribution in [1.29, 1.82) is 0 Å². The van der Waals surface area contributed by atoms with Crippen molar-refractivity contribution in [2.24, 2.45) is 0 Å². The van der Waals surface area contributed by atoms with Gasteiger partial charge in [0.2, 0.25) is 0 Å². The number of aromatic nitrogens is 4. The van der Waals surface area contributed by atoms with Gasteiger partial charge in [0.15, 0.2) is 11.5 Å². The SMILES string of the molecule is COCCc1noc(-c2cnc3nc(C)ccc3c2Nc2ccc(C)c(C)c2)n1.Cl. The first kappa shape index (κ1) is 21.7. The molecule has 156 valence electrons. The van der Waals surface area contributed by atoms with Crippen molar-refractivity contribution in [2.75, 3.05) is 19.0 Å². The largest absolute Gasteiger partial charge is 0.384 e. The van der Waals surface area contributed by atoms with E-state index in [1.54, 1.807) is 13.3 Å². The molecule has 0 atom stereocenters. The Morgan fingerprint density at radius 3 is 2.63 bits per heavy atom. The molecule has 30 heavy (non-hydrogen) atoms. The lowest BCUT2D eigenvalue weighted by Gasteiger charge is -2.14. The fourth-order valence-electron chi connectivity index (χ4n) is 3.09. The molecule has 4 aromatic rings. The highest BCUT2D eigenvalue weighted by Crippen LogP contribution is 2.35. The number of hydrogen-bond donors (Lipinski definition) is 1. The Labute approximate surface area is 181 Å². The number of benzene rings is 1. The van der Waals surface area contributed by atoms with Gasteiger partial charge in [0.1, 0.15) is 0 Å². The third-order valence-electron chi connectivity index (χ3n) is 4.87. The summed E-state index contributed by atoms with van der Waals surface area (Å²) >= 11 is 0. The van der Waals surface area contributed by atoms with E-state index in [1.807, 2.05) is 19.1 Å². The monoisotopic (exact) mass is 425 g/mol. The fraction of sp³-hybridized carbons (Fsp3) is 0.273. The number of methoxy groups -OCH3 is 1. The fourth-order valence-corrected chi connectivity index (χ4v) is 3.09. The highest BCUT2D eigenvalue weighted by molar-refractivity contribution is 5.98. The summed E-state index contributed by atoms with van der Waals surface area (Å²) in [6.45, 7) is 6.67. The summed E-state index contributed by atoms with van der Waals surface area (Å²) in [7, 11) is 1.65. The molecule has 1 aromatic carbocycles. The van der Waals surface area contributed by atoms with E-state index in [1.165, 1.54) is 11.1 Å².